The monoisotopic (exact) mass is 200 g/mol. The highest BCUT2D eigenvalue weighted by molar-refractivity contribution is 5.88. The van der Waals surface area contributed by atoms with Gasteiger partial charge in [0.15, 0.2) is 5.76 Å². The molecule has 0 aliphatic carbocycles. The van der Waals surface area contributed by atoms with E-state index in [4.69, 9.17) is 9.47 Å². The van der Waals surface area contributed by atoms with Gasteiger partial charge in [-0.1, -0.05) is 0 Å². The first-order valence-electron chi connectivity index (χ1n) is 4.34. The Morgan fingerprint density at radius 3 is 2.93 bits per heavy atom. The highest BCUT2D eigenvalue weighted by Crippen LogP contribution is 2.12. The van der Waals surface area contributed by atoms with Crippen molar-refractivity contribution in [3.8, 4) is 0 Å². The van der Waals surface area contributed by atoms with Crippen LogP contribution < -0.4 is 0 Å². The number of cyclic esters (lactones) is 1. The van der Waals surface area contributed by atoms with Crippen molar-refractivity contribution in [3.05, 3.63) is 12.3 Å². The molecule has 0 spiro atoms. The molecule has 0 aromatic rings. The third-order valence-corrected chi connectivity index (χ3v) is 1.68. The van der Waals surface area contributed by atoms with Crippen molar-refractivity contribution >= 4 is 11.9 Å². The molecular weight excluding hydrogens is 188 g/mol. The summed E-state index contributed by atoms with van der Waals surface area (Å²) in [6.07, 6.45) is -0.413. The summed E-state index contributed by atoms with van der Waals surface area (Å²) in [5.74, 6) is -1.31. The van der Waals surface area contributed by atoms with Gasteiger partial charge in [-0.05, 0) is 13.5 Å². The number of ether oxygens (including phenoxy) is 3. The van der Waals surface area contributed by atoms with E-state index in [0.29, 0.717) is 13.0 Å². The predicted octanol–water partition coefficient (Wildman–Crippen LogP) is 0.395. The molecule has 0 N–H and O–H groups in total. The molecule has 0 aromatic heterocycles. The maximum absolute atomic E-state index is 11.2. The summed E-state index contributed by atoms with van der Waals surface area (Å²) in [6, 6.07) is 0. The average Bonchev–Trinajstić information content (AvgIpc) is 2.52. The topological polar surface area (TPSA) is 61.8 Å². The third kappa shape index (κ3) is 2.48. The molecule has 1 unspecified atom stereocenters. The van der Waals surface area contributed by atoms with Crippen molar-refractivity contribution in [1.82, 2.24) is 0 Å². The number of esters is 2. The molecule has 1 rings (SSSR count). The van der Waals surface area contributed by atoms with Crippen LogP contribution >= 0.6 is 0 Å². The lowest BCUT2D eigenvalue weighted by Crippen LogP contribution is -2.24. The van der Waals surface area contributed by atoms with Gasteiger partial charge in [0, 0.05) is 6.42 Å². The van der Waals surface area contributed by atoms with E-state index in [2.05, 4.69) is 11.3 Å². The highest BCUT2D eigenvalue weighted by Gasteiger charge is 2.31. The van der Waals surface area contributed by atoms with E-state index in [1.165, 1.54) is 0 Å². The Kier molecular flexibility index (Phi) is 3.50. The summed E-state index contributed by atoms with van der Waals surface area (Å²) in [5.41, 5.74) is 0. The van der Waals surface area contributed by atoms with Gasteiger partial charge in [-0.3, -0.25) is 0 Å². The Bertz CT molecular complexity index is 258. The van der Waals surface area contributed by atoms with Crippen molar-refractivity contribution in [2.45, 2.75) is 19.4 Å². The molecule has 78 valence electrons. The predicted molar refractivity (Wildman–Crippen MR) is 46.2 cm³/mol. The zero-order valence-corrected chi connectivity index (χ0v) is 7.95. The lowest BCUT2D eigenvalue weighted by atomic mass is 10.3. The van der Waals surface area contributed by atoms with Crippen LogP contribution in [0.4, 0.5) is 0 Å². The first kappa shape index (κ1) is 10.6. The van der Waals surface area contributed by atoms with Crippen molar-refractivity contribution in [2.75, 3.05) is 13.2 Å². The third-order valence-electron chi connectivity index (χ3n) is 1.68. The van der Waals surface area contributed by atoms with Crippen LogP contribution in [-0.4, -0.2) is 31.3 Å². The zero-order valence-electron chi connectivity index (χ0n) is 7.95. The van der Waals surface area contributed by atoms with Crippen molar-refractivity contribution in [3.63, 3.8) is 0 Å². The van der Waals surface area contributed by atoms with E-state index in [0.717, 1.165) is 0 Å². The van der Waals surface area contributed by atoms with Crippen LogP contribution in [-0.2, 0) is 23.8 Å². The minimum absolute atomic E-state index is 0.0906. The largest absolute Gasteiger partial charge is 0.487 e. The lowest BCUT2D eigenvalue weighted by molar-refractivity contribution is -0.159. The Labute approximate surface area is 81.6 Å². The quantitative estimate of drug-likeness (QED) is 0.373. The molecule has 1 atom stereocenters. The van der Waals surface area contributed by atoms with Crippen LogP contribution in [0.15, 0.2) is 12.3 Å². The number of hydrogen-bond acceptors (Lipinski definition) is 5. The van der Waals surface area contributed by atoms with Crippen LogP contribution in [0.5, 0.6) is 0 Å². The SMILES string of the molecule is C=C(OCC)C(=O)OC1CCOC1=O. The fraction of sp³-hybridized carbons (Fsp3) is 0.556. The second-order valence-corrected chi connectivity index (χ2v) is 2.71. The Hall–Kier alpha value is -1.52. The van der Waals surface area contributed by atoms with E-state index >= 15 is 0 Å². The van der Waals surface area contributed by atoms with Gasteiger partial charge in [-0.2, -0.15) is 0 Å². The van der Waals surface area contributed by atoms with E-state index in [-0.39, 0.29) is 12.4 Å². The van der Waals surface area contributed by atoms with E-state index < -0.39 is 18.0 Å². The van der Waals surface area contributed by atoms with Crippen LogP contribution in [0.2, 0.25) is 0 Å². The molecule has 5 heteroatoms. The van der Waals surface area contributed by atoms with Crippen molar-refractivity contribution in [2.24, 2.45) is 0 Å². The standard InChI is InChI=1S/C9H12O5/c1-3-12-6(2)8(10)14-7-4-5-13-9(7)11/h7H,2-5H2,1H3. The van der Waals surface area contributed by atoms with Gasteiger partial charge in [0.05, 0.1) is 13.2 Å². The number of hydrogen-bond donors (Lipinski definition) is 0. The van der Waals surface area contributed by atoms with Gasteiger partial charge >= 0.3 is 11.9 Å². The van der Waals surface area contributed by atoms with Gasteiger partial charge in [0.1, 0.15) is 0 Å². The van der Waals surface area contributed by atoms with Crippen LogP contribution in [0.3, 0.4) is 0 Å². The average molecular weight is 200 g/mol. The Balaban J connectivity index is 2.40. The van der Waals surface area contributed by atoms with E-state index in [9.17, 15) is 9.59 Å². The molecule has 1 saturated heterocycles. The van der Waals surface area contributed by atoms with Gasteiger partial charge in [0.25, 0.3) is 0 Å². The van der Waals surface area contributed by atoms with Gasteiger partial charge < -0.3 is 14.2 Å². The molecule has 5 nitrogen and oxygen atoms in total. The van der Waals surface area contributed by atoms with Gasteiger partial charge in [0.2, 0.25) is 6.10 Å². The molecule has 1 aliphatic heterocycles. The Morgan fingerprint density at radius 1 is 1.71 bits per heavy atom. The summed E-state index contributed by atoms with van der Waals surface area (Å²) in [4.78, 5) is 22.1. The smallest absolute Gasteiger partial charge is 0.373 e. The number of carbonyl (C=O) groups is 2. The van der Waals surface area contributed by atoms with Crippen LogP contribution in [0.1, 0.15) is 13.3 Å². The molecule has 0 radical (unpaired) electrons. The second kappa shape index (κ2) is 4.64. The molecule has 0 saturated carbocycles. The molecule has 14 heavy (non-hydrogen) atoms. The summed E-state index contributed by atoms with van der Waals surface area (Å²) in [7, 11) is 0. The fourth-order valence-corrected chi connectivity index (χ4v) is 1.01. The second-order valence-electron chi connectivity index (χ2n) is 2.71. The number of carbonyl (C=O) groups excluding carboxylic acids is 2. The summed E-state index contributed by atoms with van der Waals surface area (Å²) in [5, 5.41) is 0. The fourth-order valence-electron chi connectivity index (χ4n) is 1.01. The minimum Gasteiger partial charge on any atom is -0.487 e. The number of rotatable bonds is 4. The molecule has 0 bridgehead atoms. The Morgan fingerprint density at radius 2 is 2.43 bits per heavy atom. The molecule has 1 aliphatic rings. The lowest BCUT2D eigenvalue weighted by Gasteiger charge is -2.09. The van der Waals surface area contributed by atoms with Crippen LogP contribution in [0.25, 0.3) is 0 Å². The van der Waals surface area contributed by atoms with E-state index in [1.807, 2.05) is 0 Å². The molecule has 0 aromatic carbocycles. The molecule has 0 amide bonds. The first-order valence-corrected chi connectivity index (χ1v) is 4.34. The maximum atomic E-state index is 11.2. The normalized spacial score (nSPS) is 20.1. The summed E-state index contributed by atoms with van der Waals surface area (Å²) >= 11 is 0. The zero-order chi connectivity index (χ0) is 10.6. The van der Waals surface area contributed by atoms with Crippen molar-refractivity contribution in [1.29, 1.82) is 0 Å². The van der Waals surface area contributed by atoms with Crippen LogP contribution in [0, 0.1) is 0 Å². The van der Waals surface area contributed by atoms with Gasteiger partial charge in [-0.15, -0.1) is 0 Å². The van der Waals surface area contributed by atoms with E-state index in [1.54, 1.807) is 6.92 Å². The summed E-state index contributed by atoms with van der Waals surface area (Å²) < 4.78 is 14.2. The summed E-state index contributed by atoms with van der Waals surface area (Å²) in [6.45, 7) is 5.71. The molecule has 1 fully saturated rings. The highest BCUT2D eigenvalue weighted by atomic mass is 16.6. The maximum Gasteiger partial charge on any atom is 0.373 e. The first-order chi connectivity index (χ1) is 6.65. The van der Waals surface area contributed by atoms with Gasteiger partial charge in [-0.25, -0.2) is 9.59 Å². The minimum atomic E-state index is -0.806. The molecular formula is C9H12O5. The molecule has 1 heterocycles. The van der Waals surface area contributed by atoms with Crippen molar-refractivity contribution < 1.29 is 23.8 Å².